The van der Waals surface area contributed by atoms with Crippen molar-refractivity contribution in [2.45, 2.75) is 20.3 Å². The third kappa shape index (κ3) is 2.42. The summed E-state index contributed by atoms with van der Waals surface area (Å²) in [6, 6.07) is 0.936. The molecule has 18 heavy (non-hydrogen) atoms. The molecule has 0 spiro atoms. The van der Waals surface area contributed by atoms with Crippen molar-refractivity contribution in [2.24, 2.45) is 0 Å². The van der Waals surface area contributed by atoms with E-state index in [0.29, 0.717) is 13.1 Å². The van der Waals surface area contributed by atoms with Crippen LogP contribution in [-0.2, 0) is 0 Å². The van der Waals surface area contributed by atoms with Crippen LogP contribution in [0.15, 0.2) is 6.07 Å². The predicted molar refractivity (Wildman–Crippen MR) is 66.6 cm³/mol. The van der Waals surface area contributed by atoms with Crippen LogP contribution in [0.3, 0.4) is 0 Å². The molecule has 4 N–H and O–H groups in total. The quantitative estimate of drug-likeness (QED) is 0.598. The molecule has 100 valence electrons. The molecule has 0 fully saturated rings. The number of phenols is 3. The smallest absolute Gasteiger partial charge is 0.338 e. The van der Waals surface area contributed by atoms with Crippen LogP contribution >= 0.6 is 0 Å². The molecule has 0 aromatic heterocycles. The standard InChI is InChI=1S/C12H17NO5/c1-3-5-13(4-2)9-7(12(17)18)6-8(14)10(15)11(9)16/h6,14-16H,3-5H2,1-2H3,(H,17,18). The summed E-state index contributed by atoms with van der Waals surface area (Å²) < 4.78 is 0. The average molecular weight is 255 g/mol. The van der Waals surface area contributed by atoms with Crippen LogP contribution in [0, 0.1) is 0 Å². The van der Waals surface area contributed by atoms with Gasteiger partial charge in [0.2, 0.25) is 5.75 Å². The van der Waals surface area contributed by atoms with Gasteiger partial charge in [-0.15, -0.1) is 0 Å². The van der Waals surface area contributed by atoms with Crippen molar-refractivity contribution in [2.75, 3.05) is 18.0 Å². The minimum absolute atomic E-state index is 0.0298. The van der Waals surface area contributed by atoms with Crippen LogP contribution in [0.5, 0.6) is 17.2 Å². The third-order valence-corrected chi connectivity index (χ3v) is 2.65. The molecular weight excluding hydrogens is 238 g/mol. The molecule has 0 aliphatic carbocycles. The summed E-state index contributed by atoms with van der Waals surface area (Å²) in [7, 11) is 0. The second-order valence-corrected chi connectivity index (χ2v) is 3.87. The lowest BCUT2D eigenvalue weighted by Crippen LogP contribution is -2.25. The molecule has 0 unspecified atom stereocenters. The average Bonchev–Trinajstić information content (AvgIpc) is 2.33. The van der Waals surface area contributed by atoms with Crippen molar-refractivity contribution in [3.63, 3.8) is 0 Å². The van der Waals surface area contributed by atoms with Gasteiger partial charge in [0.1, 0.15) is 0 Å². The molecule has 0 amide bonds. The van der Waals surface area contributed by atoms with E-state index in [2.05, 4.69) is 0 Å². The number of aromatic carboxylic acids is 1. The Kier molecular flexibility index (Phi) is 4.25. The molecule has 0 saturated carbocycles. The number of anilines is 1. The fraction of sp³-hybridized carbons (Fsp3) is 0.417. The largest absolute Gasteiger partial charge is 0.504 e. The van der Waals surface area contributed by atoms with Crippen molar-refractivity contribution < 1.29 is 25.2 Å². The van der Waals surface area contributed by atoms with Crippen LogP contribution in [0.1, 0.15) is 30.6 Å². The Labute approximate surface area is 105 Å². The molecular formula is C12H17NO5. The first-order valence-electron chi connectivity index (χ1n) is 5.70. The highest BCUT2D eigenvalue weighted by Gasteiger charge is 2.24. The van der Waals surface area contributed by atoms with E-state index in [1.807, 2.05) is 13.8 Å². The van der Waals surface area contributed by atoms with Crippen molar-refractivity contribution in [3.05, 3.63) is 11.6 Å². The van der Waals surface area contributed by atoms with Crippen LogP contribution in [0.2, 0.25) is 0 Å². The molecule has 1 rings (SSSR count). The number of aromatic hydroxyl groups is 3. The fourth-order valence-corrected chi connectivity index (χ4v) is 1.82. The summed E-state index contributed by atoms with van der Waals surface area (Å²) in [4.78, 5) is 12.8. The summed E-state index contributed by atoms with van der Waals surface area (Å²) in [6.45, 7) is 4.74. The molecule has 0 bridgehead atoms. The normalized spacial score (nSPS) is 10.3. The monoisotopic (exact) mass is 255 g/mol. The first-order chi connectivity index (χ1) is 8.43. The number of phenolic OH excluding ortho intramolecular Hbond substituents is 3. The zero-order chi connectivity index (χ0) is 13.9. The number of carboxylic acid groups (broad SMARTS) is 1. The molecule has 0 heterocycles. The van der Waals surface area contributed by atoms with E-state index in [-0.39, 0.29) is 11.3 Å². The van der Waals surface area contributed by atoms with E-state index in [4.69, 9.17) is 5.11 Å². The van der Waals surface area contributed by atoms with Crippen molar-refractivity contribution >= 4 is 11.7 Å². The molecule has 6 nitrogen and oxygen atoms in total. The van der Waals surface area contributed by atoms with Crippen molar-refractivity contribution in [1.29, 1.82) is 0 Å². The zero-order valence-corrected chi connectivity index (χ0v) is 10.3. The van der Waals surface area contributed by atoms with Gasteiger partial charge in [0.05, 0.1) is 11.3 Å². The molecule has 1 aromatic rings. The molecule has 0 atom stereocenters. The Bertz CT molecular complexity index is 458. The van der Waals surface area contributed by atoms with Gasteiger partial charge in [-0.25, -0.2) is 4.79 Å². The zero-order valence-electron chi connectivity index (χ0n) is 10.3. The van der Waals surface area contributed by atoms with Gasteiger partial charge in [0, 0.05) is 19.2 Å². The minimum Gasteiger partial charge on any atom is -0.504 e. The number of carbonyl (C=O) groups is 1. The van der Waals surface area contributed by atoms with Gasteiger partial charge < -0.3 is 25.3 Å². The maximum atomic E-state index is 11.1. The van der Waals surface area contributed by atoms with Crippen molar-refractivity contribution in [1.82, 2.24) is 0 Å². The third-order valence-electron chi connectivity index (χ3n) is 2.65. The number of carboxylic acids is 1. The Morgan fingerprint density at radius 2 is 1.83 bits per heavy atom. The first-order valence-corrected chi connectivity index (χ1v) is 5.70. The summed E-state index contributed by atoms with van der Waals surface area (Å²) in [5.74, 6) is -3.24. The van der Waals surface area contributed by atoms with Gasteiger partial charge in [-0.1, -0.05) is 6.92 Å². The highest BCUT2D eigenvalue weighted by molar-refractivity contribution is 5.98. The Morgan fingerprint density at radius 1 is 1.22 bits per heavy atom. The van der Waals surface area contributed by atoms with E-state index >= 15 is 0 Å². The van der Waals surface area contributed by atoms with Gasteiger partial charge in [-0.3, -0.25) is 0 Å². The maximum absolute atomic E-state index is 11.1. The minimum atomic E-state index is -1.27. The number of nitrogens with zero attached hydrogens (tertiary/aromatic N) is 1. The summed E-state index contributed by atoms with van der Waals surface area (Å²) in [5, 5.41) is 37.7. The predicted octanol–water partition coefficient (Wildman–Crippen LogP) is 1.74. The topological polar surface area (TPSA) is 101 Å². The highest BCUT2D eigenvalue weighted by Crippen LogP contribution is 2.44. The number of benzene rings is 1. The number of hydrogen-bond acceptors (Lipinski definition) is 5. The number of hydrogen-bond donors (Lipinski definition) is 4. The van der Waals surface area contributed by atoms with Crippen LogP contribution in [0.25, 0.3) is 0 Å². The lowest BCUT2D eigenvalue weighted by molar-refractivity contribution is 0.0696. The van der Waals surface area contributed by atoms with Gasteiger partial charge >= 0.3 is 5.97 Å². The SMILES string of the molecule is CCCN(CC)c1c(C(=O)O)cc(O)c(O)c1O. The lowest BCUT2D eigenvalue weighted by Gasteiger charge is -2.25. The Balaban J connectivity index is 3.47. The van der Waals surface area contributed by atoms with Gasteiger partial charge in [0.15, 0.2) is 11.5 Å². The molecule has 0 aliphatic heterocycles. The Hall–Kier alpha value is -2.11. The molecule has 6 heteroatoms. The van der Waals surface area contributed by atoms with E-state index in [9.17, 15) is 20.1 Å². The van der Waals surface area contributed by atoms with Crippen LogP contribution in [-0.4, -0.2) is 39.5 Å². The van der Waals surface area contributed by atoms with E-state index < -0.39 is 23.2 Å². The van der Waals surface area contributed by atoms with Gasteiger partial charge in [-0.2, -0.15) is 0 Å². The van der Waals surface area contributed by atoms with E-state index in [0.717, 1.165) is 12.5 Å². The second-order valence-electron chi connectivity index (χ2n) is 3.87. The van der Waals surface area contributed by atoms with Gasteiger partial charge in [-0.05, 0) is 13.3 Å². The van der Waals surface area contributed by atoms with Gasteiger partial charge in [0.25, 0.3) is 0 Å². The van der Waals surface area contributed by atoms with E-state index in [1.54, 1.807) is 4.90 Å². The fourth-order valence-electron chi connectivity index (χ4n) is 1.82. The summed E-state index contributed by atoms with van der Waals surface area (Å²) in [6.07, 6.45) is 0.758. The lowest BCUT2D eigenvalue weighted by atomic mass is 10.1. The van der Waals surface area contributed by atoms with Crippen LogP contribution in [0.4, 0.5) is 5.69 Å². The molecule has 0 saturated heterocycles. The Morgan fingerprint density at radius 3 is 2.28 bits per heavy atom. The summed E-state index contributed by atoms with van der Waals surface area (Å²) in [5.41, 5.74) is -0.208. The second kappa shape index (κ2) is 5.48. The molecule has 0 radical (unpaired) electrons. The first kappa shape index (κ1) is 14.0. The van der Waals surface area contributed by atoms with Crippen LogP contribution < -0.4 is 4.90 Å². The summed E-state index contributed by atoms with van der Waals surface area (Å²) >= 11 is 0. The molecule has 0 aliphatic rings. The molecule has 1 aromatic carbocycles. The van der Waals surface area contributed by atoms with Crippen molar-refractivity contribution in [3.8, 4) is 17.2 Å². The maximum Gasteiger partial charge on any atom is 0.338 e. The van der Waals surface area contributed by atoms with E-state index in [1.165, 1.54) is 0 Å². The highest BCUT2D eigenvalue weighted by atomic mass is 16.4. The number of rotatable bonds is 5.